The van der Waals surface area contributed by atoms with E-state index in [9.17, 15) is 0 Å². The predicted octanol–water partition coefficient (Wildman–Crippen LogP) is 5.16. The van der Waals surface area contributed by atoms with Crippen molar-refractivity contribution in [1.29, 1.82) is 0 Å². The monoisotopic (exact) mass is 363 g/mol. The third-order valence-corrected chi connectivity index (χ3v) is 3.95. The minimum Gasteiger partial charge on any atom is -0.494 e. The van der Waals surface area contributed by atoms with Gasteiger partial charge in [0, 0.05) is 23.9 Å². The molecule has 0 aliphatic carbocycles. The summed E-state index contributed by atoms with van der Waals surface area (Å²) in [7, 11) is 0. The Hall–Kier alpha value is -3.14. The van der Waals surface area contributed by atoms with Crippen LogP contribution in [0.5, 0.6) is 17.2 Å². The molecule has 0 aliphatic heterocycles. The maximum Gasteiger partial charge on any atom is 0.124 e. The number of benzene rings is 3. The maximum absolute atomic E-state index is 5.79. The average Bonchev–Trinajstić information content (AvgIpc) is 2.72. The van der Waals surface area contributed by atoms with Crippen LogP contribution in [0.15, 0.2) is 78.9 Å². The first-order valence-corrected chi connectivity index (χ1v) is 9.20. The van der Waals surface area contributed by atoms with E-state index in [-0.39, 0.29) is 0 Å². The summed E-state index contributed by atoms with van der Waals surface area (Å²) in [6.45, 7) is 4.34. The van der Waals surface area contributed by atoms with Crippen LogP contribution >= 0.6 is 0 Å². The van der Waals surface area contributed by atoms with Crippen molar-refractivity contribution in [2.75, 3.05) is 25.1 Å². The highest BCUT2D eigenvalue weighted by Crippen LogP contribution is 2.22. The number of nitrogens with one attached hydrogen (secondary N) is 1. The van der Waals surface area contributed by atoms with Gasteiger partial charge in [-0.3, -0.25) is 0 Å². The van der Waals surface area contributed by atoms with Crippen LogP contribution in [0.4, 0.5) is 5.69 Å². The Morgan fingerprint density at radius 1 is 0.704 bits per heavy atom. The fourth-order valence-electron chi connectivity index (χ4n) is 2.68. The number of hydrogen-bond donors (Lipinski definition) is 1. The average molecular weight is 363 g/mol. The molecule has 0 aromatic heterocycles. The highest BCUT2D eigenvalue weighted by Gasteiger charge is 2.03. The Morgan fingerprint density at radius 2 is 1.41 bits per heavy atom. The lowest BCUT2D eigenvalue weighted by Crippen LogP contribution is -2.09. The van der Waals surface area contributed by atoms with Crippen LogP contribution in [0.3, 0.4) is 0 Å². The van der Waals surface area contributed by atoms with E-state index in [4.69, 9.17) is 14.2 Å². The zero-order valence-corrected chi connectivity index (χ0v) is 15.6. The van der Waals surface area contributed by atoms with Crippen LogP contribution < -0.4 is 19.5 Å². The second-order valence-electron chi connectivity index (χ2n) is 5.93. The standard InChI is InChI=1S/C23H25NO3/c1-2-25-23-14-7-6-9-19(23)18-24-20-10-8-13-22(17-20)27-16-15-26-21-11-4-3-5-12-21/h3-14,17,24H,2,15-16,18H2,1H3. The molecule has 0 saturated carbocycles. The number of para-hydroxylation sites is 2. The molecule has 0 saturated heterocycles. The van der Waals surface area contributed by atoms with Gasteiger partial charge in [0.05, 0.1) is 6.61 Å². The lowest BCUT2D eigenvalue weighted by molar-refractivity contribution is 0.217. The van der Waals surface area contributed by atoms with Gasteiger partial charge < -0.3 is 19.5 Å². The van der Waals surface area contributed by atoms with Crippen molar-refractivity contribution in [3.63, 3.8) is 0 Å². The van der Waals surface area contributed by atoms with E-state index in [1.807, 2.05) is 79.7 Å². The van der Waals surface area contributed by atoms with Crippen molar-refractivity contribution in [3.8, 4) is 17.2 Å². The van der Waals surface area contributed by atoms with Crippen molar-refractivity contribution in [3.05, 3.63) is 84.4 Å². The van der Waals surface area contributed by atoms with Gasteiger partial charge in [0.25, 0.3) is 0 Å². The topological polar surface area (TPSA) is 39.7 Å². The number of anilines is 1. The molecule has 3 rings (SSSR count). The summed E-state index contributed by atoms with van der Waals surface area (Å²) in [5, 5.41) is 3.43. The molecule has 0 unspecified atom stereocenters. The number of ether oxygens (including phenoxy) is 3. The van der Waals surface area contributed by atoms with E-state index in [0.29, 0.717) is 26.4 Å². The molecule has 3 aromatic carbocycles. The van der Waals surface area contributed by atoms with Gasteiger partial charge in [-0.1, -0.05) is 42.5 Å². The molecule has 0 bridgehead atoms. The van der Waals surface area contributed by atoms with Crippen molar-refractivity contribution in [2.24, 2.45) is 0 Å². The molecule has 0 spiro atoms. The van der Waals surface area contributed by atoms with Crippen LogP contribution in [0.2, 0.25) is 0 Å². The second kappa shape index (κ2) is 10.1. The van der Waals surface area contributed by atoms with E-state index >= 15 is 0 Å². The minimum absolute atomic E-state index is 0.492. The summed E-state index contributed by atoms with van der Waals surface area (Å²) in [5.74, 6) is 2.58. The molecule has 27 heavy (non-hydrogen) atoms. The smallest absolute Gasteiger partial charge is 0.124 e. The largest absolute Gasteiger partial charge is 0.494 e. The van der Waals surface area contributed by atoms with Crippen LogP contribution in [0.25, 0.3) is 0 Å². The zero-order chi connectivity index (χ0) is 18.7. The third kappa shape index (κ3) is 5.96. The van der Waals surface area contributed by atoms with Gasteiger partial charge in [-0.25, -0.2) is 0 Å². The van der Waals surface area contributed by atoms with Crippen molar-refractivity contribution in [2.45, 2.75) is 13.5 Å². The quantitative estimate of drug-likeness (QED) is 0.505. The van der Waals surface area contributed by atoms with Gasteiger partial charge >= 0.3 is 0 Å². The Labute approximate surface area is 160 Å². The van der Waals surface area contributed by atoms with E-state index in [2.05, 4.69) is 11.4 Å². The second-order valence-corrected chi connectivity index (χ2v) is 5.93. The normalized spacial score (nSPS) is 10.3. The SMILES string of the molecule is CCOc1ccccc1CNc1cccc(OCCOc2ccccc2)c1. The fourth-order valence-corrected chi connectivity index (χ4v) is 2.68. The summed E-state index contributed by atoms with van der Waals surface area (Å²) >= 11 is 0. The number of hydrogen-bond acceptors (Lipinski definition) is 4. The Bertz CT molecular complexity index is 821. The molecule has 0 fully saturated rings. The van der Waals surface area contributed by atoms with Crippen molar-refractivity contribution < 1.29 is 14.2 Å². The first kappa shape index (κ1) is 18.6. The van der Waals surface area contributed by atoms with Gasteiger partial charge in [-0.15, -0.1) is 0 Å². The van der Waals surface area contributed by atoms with Gasteiger partial charge in [-0.05, 0) is 37.3 Å². The van der Waals surface area contributed by atoms with Crippen LogP contribution in [0, 0.1) is 0 Å². The highest BCUT2D eigenvalue weighted by atomic mass is 16.5. The summed E-state index contributed by atoms with van der Waals surface area (Å²) in [4.78, 5) is 0. The van der Waals surface area contributed by atoms with E-state index in [0.717, 1.165) is 28.5 Å². The molecule has 0 heterocycles. The summed E-state index contributed by atoms with van der Waals surface area (Å²) < 4.78 is 17.1. The minimum atomic E-state index is 0.492. The molecule has 4 nitrogen and oxygen atoms in total. The molecule has 0 aliphatic rings. The lowest BCUT2D eigenvalue weighted by Gasteiger charge is -2.13. The predicted molar refractivity (Wildman–Crippen MR) is 109 cm³/mol. The molecule has 4 heteroatoms. The van der Waals surface area contributed by atoms with Crippen LogP contribution in [-0.4, -0.2) is 19.8 Å². The summed E-state index contributed by atoms with van der Waals surface area (Å²) in [6, 6.07) is 25.8. The summed E-state index contributed by atoms with van der Waals surface area (Å²) in [5.41, 5.74) is 2.13. The van der Waals surface area contributed by atoms with E-state index in [1.165, 1.54) is 0 Å². The van der Waals surface area contributed by atoms with Crippen LogP contribution in [-0.2, 0) is 6.54 Å². The summed E-state index contributed by atoms with van der Waals surface area (Å²) in [6.07, 6.45) is 0. The van der Waals surface area contributed by atoms with E-state index in [1.54, 1.807) is 0 Å². The first-order chi connectivity index (χ1) is 13.3. The lowest BCUT2D eigenvalue weighted by atomic mass is 10.2. The molecule has 0 atom stereocenters. The number of rotatable bonds is 10. The van der Waals surface area contributed by atoms with Gasteiger partial charge in [-0.2, -0.15) is 0 Å². The molecule has 140 valence electrons. The molecule has 0 amide bonds. The fraction of sp³-hybridized carbons (Fsp3) is 0.217. The molecular weight excluding hydrogens is 338 g/mol. The zero-order valence-electron chi connectivity index (χ0n) is 15.6. The molecule has 3 aromatic rings. The molecular formula is C23H25NO3. The first-order valence-electron chi connectivity index (χ1n) is 9.20. The van der Waals surface area contributed by atoms with E-state index < -0.39 is 0 Å². The van der Waals surface area contributed by atoms with Gasteiger partial charge in [0.2, 0.25) is 0 Å². The maximum atomic E-state index is 5.79. The Kier molecular flexibility index (Phi) is 6.99. The Morgan fingerprint density at radius 3 is 2.22 bits per heavy atom. The third-order valence-electron chi connectivity index (χ3n) is 3.95. The highest BCUT2D eigenvalue weighted by molar-refractivity contribution is 5.49. The molecule has 0 radical (unpaired) electrons. The van der Waals surface area contributed by atoms with Gasteiger partial charge in [0.1, 0.15) is 30.5 Å². The Balaban J connectivity index is 1.49. The van der Waals surface area contributed by atoms with Crippen molar-refractivity contribution in [1.82, 2.24) is 0 Å². The van der Waals surface area contributed by atoms with Gasteiger partial charge in [0.15, 0.2) is 0 Å². The van der Waals surface area contributed by atoms with Crippen LogP contribution in [0.1, 0.15) is 12.5 Å². The van der Waals surface area contributed by atoms with Crippen molar-refractivity contribution >= 4 is 5.69 Å². The molecule has 1 N–H and O–H groups in total.